The van der Waals surface area contributed by atoms with Gasteiger partial charge < -0.3 is 19.4 Å². The molecule has 2 saturated heterocycles. The Bertz CT molecular complexity index is 1070. The van der Waals surface area contributed by atoms with Crippen molar-refractivity contribution >= 4 is 39.0 Å². The molecule has 0 saturated carbocycles. The molecule has 1 aromatic heterocycles. The fourth-order valence-corrected chi connectivity index (χ4v) is 4.63. The van der Waals surface area contributed by atoms with Crippen LogP contribution < -0.4 is 14.9 Å². The molecule has 0 spiro atoms. The molecule has 0 bridgehead atoms. The average Bonchev–Trinajstić information content (AvgIpc) is 2.79. The van der Waals surface area contributed by atoms with E-state index >= 15 is 0 Å². The van der Waals surface area contributed by atoms with Gasteiger partial charge in [0.15, 0.2) is 0 Å². The standard InChI is InChI=1S/C20H24ClN5O4S/c21-17-2-1-5-23-19(17)25-6-8-26(9-7-25)20(27)16-14-15(31(22,28)29)3-4-18(16)24-10-12-30-13-11-24/h1-5,14H,6-13H2,(H2,22,28,29). The highest BCUT2D eigenvalue weighted by molar-refractivity contribution is 7.89. The van der Waals surface area contributed by atoms with Gasteiger partial charge in [-0.15, -0.1) is 0 Å². The number of primary sulfonamides is 1. The van der Waals surface area contributed by atoms with Crippen molar-refractivity contribution in [1.29, 1.82) is 0 Å². The summed E-state index contributed by atoms with van der Waals surface area (Å²) in [6.45, 7) is 4.43. The van der Waals surface area contributed by atoms with Crippen molar-refractivity contribution in [1.82, 2.24) is 9.88 Å². The molecule has 0 radical (unpaired) electrons. The average molecular weight is 466 g/mol. The first-order valence-electron chi connectivity index (χ1n) is 9.99. The third-order valence-corrected chi connectivity index (χ3v) is 6.69. The van der Waals surface area contributed by atoms with Crippen molar-refractivity contribution in [2.75, 3.05) is 62.3 Å². The lowest BCUT2D eigenvalue weighted by molar-refractivity contribution is 0.0745. The molecule has 3 heterocycles. The van der Waals surface area contributed by atoms with Gasteiger partial charge >= 0.3 is 0 Å². The van der Waals surface area contributed by atoms with Crippen LogP contribution in [0.5, 0.6) is 0 Å². The number of carbonyl (C=O) groups excluding carboxylic acids is 1. The number of nitrogens with zero attached hydrogens (tertiary/aromatic N) is 4. The molecule has 2 fully saturated rings. The number of rotatable bonds is 4. The van der Waals surface area contributed by atoms with Gasteiger partial charge in [-0.3, -0.25) is 4.79 Å². The number of nitrogens with two attached hydrogens (primary N) is 1. The molecule has 1 aromatic carbocycles. The van der Waals surface area contributed by atoms with E-state index in [4.69, 9.17) is 21.5 Å². The summed E-state index contributed by atoms with van der Waals surface area (Å²) in [6, 6.07) is 8.04. The normalized spacial score (nSPS) is 17.7. The maximum Gasteiger partial charge on any atom is 0.256 e. The van der Waals surface area contributed by atoms with Crippen LogP contribution in [0.25, 0.3) is 0 Å². The van der Waals surface area contributed by atoms with Crippen LogP contribution in [-0.4, -0.2) is 76.7 Å². The smallest absolute Gasteiger partial charge is 0.256 e. The van der Waals surface area contributed by atoms with E-state index in [2.05, 4.69) is 4.98 Å². The summed E-state index contributed by atoms with van der Waals surface area (Å²) in [4.78, 5) is 23.5. The minimum absolute atomic E-state index is 0.0771. The number of aromatic nitrogens is 1. The highest BCUT2D eigenvalue weighted by Gasteiger charge is 2.28. The van der Waals surface area contributed by atoms with E-state index in [1.165, 1.54) is 12.1 Å². The second kappa shape index (κ2) is 8.99. The molecule has 166 valence electrons. The highest BCUT2D eigenvalue weighted by atomic mass is 35.5. The lowest BCUT2D eigenvalue weighted by atomic mass is 10.1. The Labute approximate surface area is 186 Å². The van der Waals surface area contributed by atoms with E-state index < -0.39 is 10.0 Å². The largest absolute Gasteiger partial charge is 0.378 e. The number of hydrogen-bond acceptors (Lipinski definition) is 7. The minimum atomic E-state index is -3.93. The monoisotopic (exact) mass is 465 g/mol. The quantitative estimate of drug-likeness (QED) is 0.722. The van der Waals surface area contributed by atoms with Crippen molar-refractivity contribution in [2.24, 2.45) is 5.14 Å². The van der Waals surface area contributed by atoms with Gasteiger partial charge in [-0.1, -0.05) is 11.6 Å². The summed E-state index contributed by atoms with van der Waals surface area (Å²) in [7, 11) is -3.93. The second-order valence-electron chi connectivity index (χ2n) is 7.41. The molecule has 2 aliphatic rings. The van der Waals surface area contributed by atoms with E-state index in [-0.39, 0.29) is 10.8 Å². The summed E-state index contributed by atoms with van der Waals surface area (Å²) < 4.78 is 29.2. The molecular formula is C20H24ClN5O4S. The Kier molecular flexibility index (Phi) is 6.33. The Balaban J connectivity index is 1.58. The molecule has 9 nitrogen and oxygen atoms in total. The van der Waals surface area contributed by atoms with Gasteiger partial charge in [-0.05, 0) is 30.3 Å². The first-order valence-corrected chi connectivity index (χ1v) is 11.9. The van der Waals surface area contributed by atoms with Crippen LogP contribution in [0.2, 0.25) is 5.02 Å². The van der Waals surface area contributed by atoms with Crippen LogP contribution in [0.15, 0.2) is 41.4 Å². The molecular weight excluding hydrogens is 442 g/mol. The van der Waals surface area contributed by atoms with Gasteiger partial charge in [0.25, 0.3) is 5.91 Å². The number of pyridine rings is 1. The van der Waals surface area contributed by atoms with Gasteiger partial charge in [0, 0.05) is 51.2 Å². The van der Waals surface area contributed by atoms with Gasteiger partial charge in [-0.25, -0.2) is 18.5 Å². The van der Waals surface area contributed by atoms with Crippen LogP contribution in [0.3, 0.4) is 0 Å². The van der Waals surface area contributed by atoms with E-state index in [1.807, 2.05) is 9.80 Å². The SMILES string of the molecule is NS(=O)(=O)c1ccc(N2CCOCC2)c(C(=O)N2CCN(c3ncccc3Cl)CC2)c1. The number of benzene rings is 1. The first-order chi connectivity index (χ1) is 14.8. The summed E-state index contributed by atoms with van der Waals surface area (Å²) in [5.41, 5.74) is 1.02. The van der Waals surface area contributed by atoms with Gasteiger partial charge in [0.2, 0.25) is 10.0 Å². The number of hydrogen-bond donors (Lipinski definition) is 1. The predicted octanol–water partition coefficient (Wildman–Crippen LogP) is 1.18. The number of carbonyl (C=O) groups is 1. The minimum Gasteiger partial charge on any atom is -0.378 e. The maximum absolute atomic E-state index is 13.4. The Morgan fingerprint density at radius 2 is 1.74 bits per heavy atom. The molecule has 4 rings (SSSR count). The van der Waals surface area contributed by atoms with Crippen LogP contribution >= 0.6 is 11.6 Å². The van der Waals surface area contributed by atoms with Crippen LogP contribution in [0, 0.1) is 0 Å². The molecule has 0 atom stereocenters. The molecule has 0 unspecified atom stereocenters. The summed E-state index contributed by atoms with van der Waals surface area (Å²) in [5.74, 6) is 0.472. The third-order valence-electron chi connectivity index (χ3n) is 5.48. The third kappa shape index (κ3) is 4.77. The van der Waals surface area contributed by atoms with Crippen molar-refractivity contribution in [2.45, 2.75) is 4.90 Å². The fourth-order valence-electron chi connectivity index (χ4n) is 3.85. The van der Waals surface area contributed by atoms with E-state index in [0.717, 1.165) is 0 Å². The number of amides is 1. The fraction of sp³-hybridized carbons (Fsp3) is 0.400. The van der Waals surface area contributed by atoms with Crippen molar-refractivity contribution in [3.8, 4) is 0 Å². The highest BCUT2D eigenvalue weighted by Crippen LogP contribution is 2.28. The molecule has 2 aliphatic heterocycles. The molecule has 0 aliphatic carbocycles. The summed E-state index contributed by atoms with van der Waals surface area (Å²) >= 11 is 6.25. The number of anilines is 2. The van der Waals surface area contributed by atoms with E-state index in [0.29, 0.717) is 74.6 Å². The van der Waals surface area contributed by atoms with Crippen molar-refractivity contribution in [3.05, 3.63) is 47.1 Å². The topological polar surface area (TPSA) is 109 Å². The van der Waals surface area contributed by atoms with E-state index in [1.54, 1.807) is 29.3 Å². The van der Waals surface area contributed by atoms with Crippen LogP contribution in [0.4, 0.5) is 11.5 Å². The van der Waals surface area contributed by atoms with Crippen LogP contribution in [-0.2, 0) is 14.8 Å². The zero-order chi connectivity index (χ0) is 22.0. The Morgan fingerprint density at radius 1 is 1.03 bits per heavy atom. The van der Waals surface area contributed by atoms with E-state index in [9.17, 15) is 13.2 Å². The Morgan fingerprint density at radius 3 is 2.39 bits per heavy atom. The zero-order valence-corrected chi connectivity index (χ0v) is 18.5. The zero-order valence-electron chi connectivity index (χ0n) is 16.9. The number of sulfonamides is 1. The van der Waals surface area contributed by atoms with Gasteiger partial charge in [0.1, 0.15) is 5.82 Å². The van der Waals surface area contributed by atoms with Crippen LogP contribution in [0.1, 0.15) is 10.4 Å². The Hall–Kier alpha value is -2.40. The molecule has 2 N–H and O–H groups in total. The lowest BCUT2D eigenvalue weighted by Crippen LogP contribution is -2.49. The number of morpholine rings is 1. The van der Waals surface area contributed by atoms with Crippen molar-refractivity contribution in [3.63, 3.8) is 0 Å². The number of ether oxygens (including phenoxy) is 1. The molecule has 1 amide bonds. The van der Waals surface area contributed by atoms with Gasteiger partial charge in [-0.2, -0.15) is 0 Å². The predicted molar refractivity (Wildman–Crippen MR) is 118 cm³/mol. The van der Waals surface area contributed by atoms with Gasteiger partial charge in [0.05, 0.1) is 28.7 Å². The molecule has 11 heteroatoms. The molecule has 2 aromatic rings. The number of halogens is 1. The first kappa shape index (κ1) is 21.8. The summed E-state index contributed by atoms with van der Waals surface area (Å²) in [5, 5.41) is 5.88. The van der Waals surface area contributed by atoms with Crippen molar-refractivity contribution < 1.29 is 17.9 Å². The second-order valence-corrected chi connectivity index (χ2v) is 9.38. The lowest BCUT2D eigenvalue weighted by Gasteiger charge is -2.37. The maximum atomic E-state index is 13.4. The molecule has 31 heavy (non-hydrogen) atoms. The summed E-state index contributed by atoms with van der Waals surface area (Å²) in [6.07, 6.45) is 1.69. The number of piperazine rings is 1.